The number of hydrogen-bond donors (Lipinski definition) is 0. The summed E-state index contributed by atoms with van der Waals surface area (Å²) >= 11 is 5.77. The molecule has 0 fully saturated rings. The summed E-state index contributed by atoms with van der Waals surface area (Å²) in [7, 11) is 0. The Hall–Kier alpha value is -3.32. The van der Waals surface area contributed by atoms with Crippen LogP contribution in [0.25, 0.3) is 11.8 Å². The molecule has 3 aromatic rings. The van der Waals surface area contributed by atoms with Gasteiger partial charge in [0.1, 0.15) is 10.8 Å². The predicted octanol–water partition coefficient (Wildman–Crippen LogP) is 4.78. The number of aromatic nitrogens is 2. The van der Waals surface area contributed by atoms with Crippen LogP contribution in [0.3, 0.4) is 0 Å². The van der Waals surface area contributed by atoms with Gasteiger partial charge in [0, 0.05) is 6.07 Å². The van der Waals surface area contributed by atoms with Crippen LogP contribution in [0.15, 0.2) is 54.7 Å². The molecule has 136 valence electrons. The lowest BCUT2D eigenvalue weighted by Gasteiger charge is -2.04. The van der Waals surface area contributed by atoms with E-state index >= 15 is 0 Å². The van der Waals surface area contributed by atoms with Gasteiger partial charge in [-0.3, -0.25) is 14.9 Å². The third-order valence-corrected chi connectivity index (χ3v) is 4.26. The van der Waals surface area contributed by atoms with Crippen molar-refractivity contribution in [3.05, 3.63) is 92.5 Å². The van der Waals surface area contributed by atoms with Crippen LogP contribution in [-0.4, -0.2) is 20.5 Å². The van der Waals surface area contributed by atoms with Crippen molar-refractivity contribution in [2.45, 2.75) is 6.92 Å². The van der Waals surface area contributed by atoms with Crippen molar-refractivity contribution in [3.63, 3.8) is 0 Å². The second-order valence-electron chi connectivity index (χ2n) is 5.70. The average Bonchev–Trinajstić information content (AvgIpc) is 3.02. The summed E-state index contributed by atoms with van der Waals surface area (Å²) in [5.41, 5.74) is 1.84. The molecular weight excluding hydrogens is 373 g/mol. The molecule has 0 unspecified atom stereocenters. The quantitative estimate of drug-likeness (QED) is 0.274. The molecule has 0 saturated heterocycles. The highest BCUT2D eigenvalue weighted by atomic mass is 35.5. The fourth-order valence-electron chi connectivity index (χ4n) is 2.53. The van der Waals surface area contributed by atoms with Gasteiger partial charge in [0.25, 0.3) is 5.69 Å². The maximum Gasteiger partial charge on any atom is 0.288 e. The highest BCUT2D eigenvalue weighted by Crippen LogP contribution is 2.25. The van der Waals surface area contributed by atoms with E-state index in [-0.39, 0.29) is 22.3 Å². The van der Waals surface area contributed by atoms with Gasteiger partial charge in [-0.2, -0.15) is 5.10 Å². The molecule has 0 aliphatic carbocycles. The minimum atomic E-state index is -0.585. The number of nitro groups is 1. The lowest BCUT2D eigenvalue weighted by molar-refractivity contribution is -0.384. The van der Waals surface area contributed by atoms with Gasteiger partial charge in [-0.05, 0) is 48.9 Å². The van der Waals surface area contributed by atoms with Crippen LogP contribution >= 0.6 is 11.6 Å². The number of hydrogen-bond acceptors (Lipinski definition) is 4. The molecule has 0 aliphatic heterocycles. The van der Waals surface area contributed by atoms with E-state index in [1.807, 2.05) is 0 Å². The molecule has 0 atom stereocenters. The van der Waals surface area contributed by atoms with Crippen molar-refractivity contribution >= 4 is 29.1 Å². The molecule has 27 heavy (non-hydrogen) atoms. The van der Waals surface area contributed by atoms with Crippen LogP contribution in [0.1, 0.15) is 21.6 Å². The molecule has 1 aromatic heterocycles. The molecule has 0 amide bonds. The van der Waals surface area contributed by atoms with E-state index in [0.717, 1.165) is 0 Å². The summed E-state index contributed by atoms with van der Waals surface area (Å²) in [4.78, 5) is 22.8. The Bertz CT molecular complexity index is 1060. The number of carbonyl (C=O) groups is 1. The maximum atomic E-state index is 13.1. The molecular formula is C19H13ClFN3O3. The van der Waals surface area contributed by atoms with Crippen molar-refractivity contribution in [1.29, 1.82) is 0 Å². The fourth-order valence-corrected chi connectivity index (χ4v) is 2.72. The Morgan fingerprint density at radius 3 is 2.63 bits per heavy atom. The van der Waals surface area contributed by atoms with Crippen molar-refractivity contribution in [3.8, 4) is 5.69 Å². The van der Waals surface area contributed by atoms with E-state index in [2.05, 4.69) is 5.10 Å². The minimum Gasteiger partial charge on any atom is -0.289 e. The van der Waals surface area contributed by atoms with Gasteiger partial charge in [0.05, 0.1) is 28.1 Å². The Labute approximate surface area is 158 Å². The van der Waals surface area contributed by atoms with Crippen molar-refractivity contribution in [2.75, 3.05) is 0 Å². The lowest BCUT2D eigenvalue weighted by atomic mass is 10.1. The molecule has 6 nitrogen and oxygen atoms in total. The van der Waals surface area contributed by atoms with E-state index in [9.17, 15) is 19.3 Å². The summed E-state index contributed by atoms with van der Waals surface area (Å²) in [6, 6.07) is 10.0. The molecule has 1 heterocycles. The standard InChI is InChI=1S/C19H13ClFN3O3/c1-12-16(11-22-23(12)15-6-4-14(21)5-7-15)19(25)9-3-13-2-8-17(20)18(10-13)24(26)27/h2-11H,1H3. The van der Waals surface area contributed by atoms with Crippen LogP contribution in [0, 0.1) is 22.9 Å². The van der Waals surface area contributed by atoms with Crippen molar-refractivity contribution in [2.24, 2.45) is 0 Å². The normalized spacial score (nSPS) is 11.1. The monoisotopic (exact) mass is 385 g/mol. The van der Waals surface area contributed by atoms with E-state index in [1.54, 1.807) is 25.1 Å². The Morgan fingerprint density at radius 1 is 1.26 bits per heavy atom. The van der Waals surface area contributed by atoms with Crippen LogP contribution in [0.4, 0.5) is 10.1 Å². The van der Waals surface area contributed by atoms with Crippen LogP contribution < -0.4 is 0 Å². The minimum absolute atomic E-state index is 0.0277. The first-order valence-electron chi connectivity index (χ1n) is 7.84. The highest BCUT2D eigenvalue weighted by Gasteiger charge is 2.14. The average molecular weight is 386 g/mol. The van der Waals surface area contributed by atoms with Gasteiger partial charge in [0.15, 0.2) is 5.78 Å². The molecule has 0 spiro atoms. The van der Waals surface area contributed by atoms with Crippen LogP contribution in [0.5, 0.6) is 0 Å². The zero-order valence-corrected chi connectivity index (χ0v) is 14.9. The largest absolute Gasteiger partial charge is 0.289 e. The van der Waals surface area contributed by atoms with E-state index in [1.165, 1.54) is 47.3 Å². The zero-order chi connectivity index (χ0) is 19.6. The summed E-state index contributed by atoms with van der Waals surface area (Å²) in [5.74, 6) is -0.668. The molecule has 2 aromatic carbocycles. The summed E-state index contributed by atoms with van der Waals surface area (Å²) < 4.78 is 14.6. The van der Waals surface area contributed by atoms with Crippen LogP contribution in [0.2, 0.25) is 5.02 Å². The van der Waals surface area contributed by atoms with Gasteiger partial charge < -0.3 is 0 Å². The van der Waals surface area contributed by atoms with Crippen molar-refractivity contribution in [1.82, 2.24) is 9.78 Å². The predicted molar refractivity (Wildman–Crippen MR) is 99.7 cm³/mol. The molecule has 0 radical (unpaired) electrons. The van der Waals surface area contributed by atoms with Gasteiger partial charge in [-0.25, -0.2) is 9.07 Å². The first-order valence-corrected chi connectivity index (χ1v) is 8.21. The van der Waals surface area contributed by atoms with Gasteiger partial charge in [-0.1, -0.05) is 23.7 Å². The fraction of sp³-hybridized carbons (Fsp3) is 0.0526. The molecule has 0 aliphatic rings. The topological polar surface area (TPSA) is 78.0 Å². The first-order chi connectivity index (χ1) is 12.9. The molecule has 3 rings (SSSR count). The third-order valence-electron chi connectivity index (χ3n) is 3.94. The Morgan fingerprint density at radius 2 is 1.96 bits per heavy atom. The van der Waals surface area contributed by atoms with Gasteiger partial charge in [0.2, 0.25) is 0 Å². The zero-order valence-electron chi connectivity index (χ0n) is 14.1. The Kier molecular flexibility index (Phi) is 5.14. The molecule has 0 saturated carbocycles. The number of benzene rings is 2. The smallest absolute Gasteiger partial charge is 0.288 e. The number of rotatable bonds is 5. The molecule has 0 bridgehead atoms. The summed E-state index contributed by atoms with van der Waals surface area (Å²) in [6.07, 6.45) is 4.21. The van der Waals surface area contributed by atoms with E-state index in [0.29, 0.717) is 22.5 Å². The second-order valence-corrected chi connectivity index (χ2v) is 6.10. The highest BCUT2D eigenvalue weighted by molar-refractivity contribution is 6.32. The Balaban J connectivity index is 1.85. The van der Waals surface area contributed by atoms with Crippen LogP contribution in [-0.2, 0) is 0 Å². The number of nitro benzene ring substituents is 1. The number of ketones is 1. The van der Waals surface area contributed by atoms with E-state index in [4.69, 9.17) is 11.6 Å². The molecule has 0 N–H and O–H groups in total. The number of nitrogens with zero attached hydrogens (tertiary/aromatic N) is 3. The number of halogens is 2. The number of allylic oxidation sites excluding steroid dienone is 1. The van der Waals surface area contributed by atoms with Gasteiger partial charge >= 0.3 is 0 Å². The SMILES string of the molecule is Cc1c(C(=O)C=Cc2ccc(Cl)c([N+](=O)[O-])c2)cnn1-c1ccc(F)cc1. The lowest BCUT2D eigenvalue weighted by Crippen LogP contribution is -2.01. The van der Waals surface area contributed by atoms with Crippen molar-refractivity contribution < 1.29 is 14.1 Å². The number of carbonyl (C=O) groups excluding carboxylic acids is 1. The third kappa shape index (κ3) is 3.93. The summed E-state index contributed by atoms with van der Waals surface area (Å²) in [5, 5.41) is 15.1. The van der Waals surface area contributed by atoms with E-state index < -0.39 is 4.92 Å². The summed E-state index contributed by atoms with van der Waals surface area (Å²) in [6.45, 7) is 1.73. The van der Waals surface area contributed by atoms with Gasteiger partial charge in [-0.15, -0.1) is 0 Å². The second kappa shape index (κ2) is 7.51. The first kappa shape index (κ1) is 18.5. The molecule has 8 heteroatoms. The maximum absolute atomic E-state index is 13.1.